The molecular formula is C23H21ClF4N6O. The molecule has 0 aliphatic carbocycles. The predicted octanol–water partition coefficient (Wildman–Crippen LogP) is 4.62. The van der Waals surface area contributed by atoms with E-state index in [0.29, 0.717) is 25.5 Å². The summed E-state index contributed by atoms with van der Waals surface area (Å²) in [6.45, 7) is 7.75. The number of nitrogen functional groups attached to an aromatic ring is 1. The first-order chi connectivity index (χ1) is 16.4. The third-order valence-corrected chi connectivity index (χ3v) is 6.24. The number of aromatic nitrogens is 3. The van der Waals surface area contributed by atoms with Gasteiger partial charge in [-0.1, -0.05) is 18.2 Å². The van der Waals surface area contributed by atoms with Crippen molar-refractivity contribution in [1.29, 1.82) is 0 Å². The number of hydrogen-bond donors (Lipinski definition) is 1. The third kappa shape index (κ3) is 4.36. The summed E-state index contributed by atoms with van der Waals surface area (Å²) in [6.07, 6.45) is -2.45. The molecule has 7 nitrogen and oxygen atoms in total. The summed E-state index contributed by atoms with van der Waals surface area (Å²) in [5.41, 5.74) is 2.90. The average molecular weight is 509 g/mol. The molecule has 1 fully saturated rings. The molecule has 2 aromatic heterocycles. The standard InChI is InChI=1S/C23H21ClF4N6O/c1-4-16(35)33-5-6-34(12(3)9-33)22-13-8-14(24)17(19(25)20(13)30-10-31-22)21-18(23(26,27)28)11(2)7-15(29)32-21/h4,7-8,10,12H,1,5-6,9H2,2-3H3,(H2,29,32)/t12-/m0/s1. The molecular weight excluding hydrogens is 488 g/mol. The summed E-state index contributed by atoms with van der Waals surface area (Å²) in [7, 11) is 0. The second-order valence-electron chi connectivity index (χ2n) is 8.26. The molecule has 1 aromatic carbocycles. The van der Waals surface area contributed by atoms with Gasteiger partial charge in [-0.15, -0.1) is 0 Å². The Morgan fingerprint density at radius 1 is 1.29 bits per heavy atom. The summed E-state index contributed by atoms with van der Waals surface area (Å²) in [6, 6.07) is 2.21. The SMILES string of the molecule is C=CC(=O)N1CCN(c2ncnc3c(F)c(-c4nc(N)cc(C)c4C(F)(F)F)c(Cl)cc23)[C@@H](C)C1. The van der Waals surface area contributed by atoms with Crippen molar-refractivity contribution in [3.63, 3.8) is 0 Å². The lowest BCUT2D eigenvalue weighted by Crippen LogP contribution is -2.53. The van der Waals surface area contributed by atoms with Crippen molar-refractivity contribution in [1.82, 2.24) is 19.9 Å². The van der Waals surface area contributed by atoms with Crippen LogP contribution in [0.4, 0.5) is 29.2 Å². The quantitative estimate of drug-likeness (QED) is 0.410. The van der Waals surface area contributed by atoms with E-state index in [2.05, 4.69) is 21.5 Å². The molecule has 1 aliphatic heterocycles. The van der Waals surface area contributed by atoms with Crippen molar-refractivity contribution in [2.45, 2.75) is 26.1 Å². The van der Waals surface area contributed by atoms with Crippen LogP contribution in [0.15, 0.2) is 31.1 Å². The summed E-state index contributed by atoms with van der Waals surface area (Å²) in [5.74, 6) is -1.11. The molecule has 184 valence electrons. The molecule has 35 heavy (non-hydrogen) atoms. The summed E-state index contributed by atoms with van der Waals surface area (Å²) < 4.78 is 57.4. The van der Waals surface area contributed by atoms with Crippen LogP contribution in [0, 0.1) is 12.7 Å². The fraction of sp³-hybridized carbons (Fsp3) is 0.304. The zero-order valence-electron chi connectivity index (χ0n) is 18.8. The second kappa shape index (κ2) is 8.95. The van der Waals surface area contributed by atoms with Crippen LogP contribution in [-0.4, -0.2) is 51.4 Å². The van der Waals surface area contributed by atoms with Crippen LogP contribution in [0.3, 0.4) is 0 Å². The topological polar surface area (TPSA) is 88.2 Å². The minimum atomic E-state index is -4.82. The van der Waals surface area contributed by atoms with E-state index in [-0.39, 0.29) is 39.3 Å². The van der Waals surface area contributed by atoms with Gasteiger partial charge in [-0.3, -0.25) is 4.79 Å². The summed E-state index contributed by atoms with van der Waals surface area (Å²) in [4.78, 5) is 27.6. The fourth-order valence-electron chi connectivity index (χ4n) is 4.40. The van der Waals surface area contributed by atoms with Crippen molar-refractivity contribution in [2.24, 2.45) is 0 Å². The first-order valence-corrected chi connectivity index (χ1v) is 11.0. The van der Waals surface area contributed by atoms with E-state index < -0.39 is 28.8 Å². The van der Waals surface area contributed by atoms with Crippen molar-refractivity contribution in [2.75, 3.05) is 30.3 Å². The predicted molar refractivity (Wildman–Crippen MR) is 125 cm³/mol. The number of anilines is 2. The van der Waals surface area contributed by atoms with Crippen molar-refractivity contribution < 1.29 is 22.4 Å². The molecule has 1 saturated heterocycles. The molecule has 0 spiro atoms. The maximum absolute atomic E-state index is 15.8. The Morgan fingerprint density at radius 2 is 2.00 bits per heavy atom. The number of benzene rings is 1. The molecule has 3 heterocycles. The Morgan fingerprint density at radius 3 is 2.63 bits per heavy atom. The average Bonchev–Trinajstić information content (AvgIpc) is 2.77. The number of piperazine rings is 1. The number of halogens is 5. The highest BCUT2D eigenvalue weighted by Crippen LogP contribution is 2.44. The molecule has 0 unspecified atom stereocenters. The van der Waals surface area contributed by atoms with E-state index in [1.54, 1.807) is 4.90 Å². The number of carbonyl (C=O) groups excluding carboxylic acids is 1. The van der Waals surface area contributed by atoms with Crippen molar-refractivity contribution >= 4 is 40.0 Å². The first-order valence-electron chi connectivity index (χ1n) is 10.6. The Bertz CT molecular complexity index is 1350. The molecule has 12 heteroatoms. The fourth-order valence-corrected chi connectivity index (χ4v) is 4.68. The Kier molecular flexibility index (Phi) is 6.31. The molecule has 2 N–H and O–H groups in total. The maximum atomic E-state index is 15.8. The minimum Gasteiger partial charge on any atom is -0.384 e. The molecule has 0 bridgehead atoms. The smallest absolute Gasteiger partial charge is 0.384 e. The van der Waals surface area contributed by atoms with Gasteiger partial charge < -0.3 is 15.5 Å². The van der Waals surface area contributed by atoms with Crippen molar-refractivity contribution in [3.8, 4) is 11.3 Å². The van der Waals surface area contributed by atoms with E-state index in [9.17, 15) is 18.0 Å². The minimum absolute atomic E-state index is 0.192. The lowest BCUT2D eigenvalue weighted by molar-refractivity contribution is -0.137. The zero-order chi connectivity index (χ0) is 25.7. The molecule has 0 radical (unpaired) electrons. The largest absolute Gasteiger partial charge is 0.418 e. The third-order valence-electron chi connectivity index (χ3n) is 5.94. The van der Waals surface area contributed by atoms with Gasteiger partial charge in [0.1, 0.15) is 23.5 Å². The van der Waals surface area contributed by atoms with Gasteiger partial charge in [-0.2, -0.15) is 13.2 Å². The highest BCUT2D eigenvalue weighted by Gasteiger charge is 2.38. The van der Waals surface area contributed by atoms with Crippen LogP contribution in [-0.2, 0) is 11.0 Å². The zero-order valence-corrected chi connectivity index (χ0v) is 19.6. The Labute approximate surface area is 203 Å². The van der Waals surface area contributed by atoms with Crippen LogP contribution < -0.4 is 10.6 Å². The van der Waals surface area contributed by atoms with Crippen LogP contribution in [0.2, 0.25) is 5.02 Å². The van der Waals surface area contributed by atoms with Crippen LogP contribution >= 0.6 is 11.6 Å². The van der Waals surface area contributed by atoms with Gasteiger partial charge in [0.25, 0.3) is 0 Å². The van der Waals surface area contributed by atoms with Crippen molar-refractivity contribution in [3.05, 3.63) is 53.1 Å². The number of hydrogen-bond acceptors (Lipinski definition) is 6. The summed E-state index contributed by atoms with van der Waals surface area (Å²) in [5, 5.41) is -0.0644. The Hall–Kier alpha value is -3.47. The van der Waals surface area contributed by atoms with Gasteiger partial charge in [0.15, 0.2) is 5.82 Å². The monoisotopic (exact) mass is 508 g/mol. The van der Waals surface area contributed by atoms with Gasteiger partial charge in [0.05, 0.1) is 21.8 Å². The molecule has 0 saturated carbocycles. The number of rotatable bonds is 3. The first kappa shape index (κ1) is 24.6. The molecule has 1 atom stereocenters. The number of fused-ring (bicyclic) bond motifs is 1. The highest BCUT2D eigenvalue weighted by atomic mass is 35.5. The molecule has 1 aliphatic rings. The number of nitrogens with zero attached hydrogens (tertiary/aromatic N) is 5. The lowest BCUT2D eigenvalue weighted by atomic mass is 9.99. The molecule has 1 amide bonds. The number of carbonyl (C=O) groups is 1. The van der Waals surface area contributed by atoms with Crippen LogP contribution in [0.1, 0.15) is 18.1 Å². The van der Waals surface area contributed by atoms with Gasteiger partial charge in [-0.25, -0.2) is 19.3 Å². The normalized spacial score (nSPS) is 16.6. The van der Waals surface area contributed by atoms with E-state index in [1.807, 2.05) is 11.8 Å². The van der Waals surface area contributed by atoms with Gasteiger partial charge >= 0.3 is 6.18 Å². The number of amides is 1. The number of aryl methyl sites for hydroxylation is 1. The molecule has 3 aromatic rings. The van der Waals surface area contributed by atoms with E-state index in [4.69, 9.17) is 17.3 Å². The van der Waals surface area contributed by atoms with E-state index in [1.165, 1.54) is 19.1 Å². The van der Waals surface area contributed by atoms with Crippen LogP contribution in [0.5, 0.6) is 0 Å². The van der Waals surface area contributed by atoms with E-state index >= 15 is 4.39 Å². The lowest BCUT2D eigenvalue weighted by Gasteiger charge is -2.40. The second-order valence-corrected chi connectivity index (χ2v) is 8.66. The maximum Gasteiger partial charge on any atom is 0.418 e. The summed E-state index contributed by atoms with van der Waals surface area (Å²) >= 11 is 6.37. The van der Waals surface area contributed by atoms with Gasteiger partial charge in [0, 0.05) is 31.1 Å². The van der Waals surface area contributed by atoms with Gasteiger partial charge in [-0.05, 0) is 37.6 Å². The molecule has 4 rings (SSSR count). The van der Waals surface area contributed by atoms with E-state index in [0.717, 1.165) is 12.4 Å². The van der Waals surface area contributed by atoms with Gasteiger partial charge in [0.2, 0.25) is 5.91 Å². The number of alkyl halides is 3. The number of nitrogens with two attached hydrogens (primary N) is 1. The highest BCUT2D eigenvalue weighted by molar-refractivity contribution is 6.34. The Balaban J connectivity index is 1.88. The number of pyridine rings is 1. The van der Waals surface area contributed by atoms with Crippen LogP contribution in [0.25, 0.3) is 22.2 Å².